The molecule has 0 bridgehead atoms. The molecule has 1 amide bonds. The van der Waals surface area contributed by atoms with Crippen molar-refractivity contribution >= 4 is 11.9 Å². The number of aliphatic carboxylic acids is 1. The van der Waals surface area contributed by atoms with E-state index in [1.54, 1.807) is 19.9 Å². The largest absolute Gasteiger partial charge is 0.478 e. The maximum Gasteiger partial charge on any atom is 0.331 e. The van der Waals surface area contributed by atoms with Gasteiger partial charge in [-0.3, -0.25) is 4.79 Å². The first-order valence-electron chi connectivity index (χ1n) is 5.84. The Hall–Kier alpha value is -1.36. The monoisotopic (exact) mass is 242 g/mol. The molecule has 0 aromatic heterocycles. The van der Waals surface area contributed by atoms with E-state index in [4.69, 9.17) is 5.11 Å². The van der Waals surface area contributed by atoms with E-state index in [1.165, 1.54) is 0 Å². The first-order chi connectivity index (χ1) is 7.88. The van der Waals surface area contributed by atoms with Gasteiger partial charge in [0.15, 0.2) is 0 Å². The summed E-state index contributed by atoms with van der Waals surface area (Å²) in [5.74, 6) is -0.990. The van der Waals surface area contributed by atoms with Gasteiger partial charge in [-0.15, -0.1) is 0 Å². The van der Waals surface area contributed by atoms with Gasteiger partial charge in [0.05, 0.1) is 6.04 Å². The summed E-state index contributed by atoms with van der Waals surface area (Å²) < 4.78 is 0. The van der Waals surface area contributed by atoms with E-state index in [0.717, 1.165) is 0 Å². The van der Waals surface area contributed by atoms with Crippen LogP contribution in [-0.4, -0.2) is 35.6 Å². The van der Waals surface area contributed by atoms with E-state index >= 15 is 0 Å². The van der Waals surface area contributed by atoms with Crippen LogP contribution in [0, 0.1) is 0 Å². The van der Waals surface area contributed by atoms with Crippen molar-refractivity contribution in [2.45, 2.75) is 46.2 Å². The molecule has 17 heavy (non-hydrogen) atoms. The second-order valence-corrected chi connectivity index (χ2v) is 4.18. The number of carbonyl (C=O) groups excluding carboxylic acids is 1. The third-order valence-corrected chi connectivity index (χ3v) is 2.25. The fraction of sp³-hybridized carbons (Fsp3) is 0.667. The number of hydrogen-bond acceptors (Lipinski definition) is 3. The molecular formula is C12H22N2O3. The highest BCUT2D eigenvalue weighted by atomic mass is 16.4. The summed E-state index contributed by atoms with van der Waals surface area (Å²) in [5, 5.41) is 14.5. The molecule has 0 spiro atoms. The minimum atomic E-state index is -0.909. The number of carboxylic acids is 1. The molecule has 0 aromatic rings. The summed E-state index contributed by atoms with van der Waals surface area (Å²) >= 11 is 0. The van der Waals surface area contributed by atoms with Crippen LogP contribution >= 0.6 is 0 Å². The maximum atomic E-state index is 11.5. The Labute approximate surface area is 102 Å². The normalized spacial score (nSPS) is 13.6. The minimum absolute atomic E-state index is 0.0817. The highest BCUT2D eigenvalue weighted by Gasteiger charge is 2.12. The first-order valence-corrected chi connectivity index (χ1v) is 5.84. The minimum Gasteiger partial charge on any atom is -0.478 e. The van der Waals surface area contributed by atoms with Gasteiger partial charge in [0.1, 0.15) is 0 Å². The van der Waals surface area contributed by atoms with Gasteiger partial charge in [0.25, 0.3) is 0 Å². The molecule has 0 aliphatic heterocycles. The lowest BCUT2D eigenvalue weighted by molar-refractivity contribution is -0.132. The van der Waals surface area contributed by atoms with E-state index in [1.807, 2.05) is 13.8 Å². The van der Waals surface area contributed by atoms with Crippen molar-refractivity contribution in [2.75, 3.05) is 6.54 Å². The summed E-state index contributed by atoms with van der Waals surface area (Å²) in [7, 11) is 0. The van der Waals surface area contributed by atoms with Gasteiger partial charge in [-0.1, -0.05) is 13.0 Å². The Morgan fingerprint density at radius 1 is 1.29 bits per heavy atom. The Morgan fingerprint density at radius 3 is 2.29 bits per heavy atom. The maximum absolute atomic E-state index is 11.5. The van der Waals surface area contributed by atoms with Crippen molar-refractivity contribution in [3.63, 3.8) is 0 Å². The molecule has 0 saturated heterocycles. The molecule has 1 atom stereocenters. The fourth-order valence-electron chi connectivity index (χ4n) is 1.24. The Balaban J connectivity index is 4.11. The van der Waals surface area contributed by atoms with Gasteiger partial charge in [-0.2, -0.15) is 0 Å². The van der Waals surface area contributed by atoms with Crippen molar-refractivity contribution in [3.05, 3.63) is 11.6 Å². The summed E-state index contributed by atoms with van der Waals surface area (Å²) in [4.78, 5) is 22.2. The van der Waals surface area contributed by atoms with Crippen LogP contribution < -0.4 is 10.6 Å². The predicted molar refractivity (Wildman–Crippen MR) is 66.8 cm³/mol. The number of carbonyl (C=O) groups is 2. The van der Waals surface area contributed by atoms with Crippen LogP contribution in [0.25, 0.3) is 0 Å². The van der Waals surface area contributed by atoms with Gasteiger partial charge in [-0.05, 0) is 27.2 Å². The van der Waals surface area contributed by atoms with Crippen LogP contribution in [0.4, 0.5) is 0 Å². The van der Waals surface area contributed by atoms with E-state index in [-0.39, 0.29) is 18.0 Å². The first kappa shape index (κ1) is 15.6. The Morgan fingerprint density at radius 2 is 1.88 bits per heavy atom. The van der Waals surface area contributed by atoms with Crippen molar-refractivity contribution in [2.24, 2.45) is 0 Å². The Kier molecular flexibility index (Phi) is 7.21. The van der Waals surface area contributed by atoms with Crippen LogP contribution in [0.15, 0.2) is 11.6 Å². The highest BCUT2D eigenvalue weighted by Crippen LogP contribution is 1.99. The van der Waals surface area contributed by atoms with E-state index in [9.17, 15) is 9.59 Å². The lowest BCUT2D eigenvalue weighted by Crippen LogP contribution is -2.44. The molecule has 0 aliphatic carbocycles. The standard InChI is InChI=1S/C12H22N2O3/c1-5-10(12(16)17)6-7-13-9(4)11(15)14-8(2)3/h6,8-9,13H,5,7H2,1-4H3,(H,14,15)(H,16,17). The molecule has 5 heteroatoms. The second kappa shape index (κ2) is 7.84. The SMILES string of the molecule is CCC(=CCNC(C)C(=O)NC(C)C)C(=O)O. The molecule has 0 saturated carbocycles. The predicted octanol–water partition coefficient (Wildman–Crippen LogP) is 0.910. The van der Waals surface area contributed by atoms with Crippen molar-refractivity contribution in [1.82, 2.24) is 10.6 Å². The molecule has 0 radical (unpaired) electrons. The van der Waals surface area contributed by atoms with Crippen LogP contribution in [0.5, 0.6) is 0 Å². The average molecular weight is 242 g/mol. The van der Waals surface area contributed by atoms with Gasteiger partial charge in [0, 0.05) is 18.2 Å². The molecule has 3 N–H and O–H groups in total. The average Bonchev–Trinajstić information content (AvgIpc) is 2.22. The summed E-state index contributed by atoms with van der Waals surface area (Å²) in [6, 6.07) is -0.229. The van der Waals surface area contributed by atoms with Crippen LogP contribution in [0.1, 0.15) is 34.1 Å². The zero-order valence-electron chi connectivity index (χ0n) is 10.9. The number of rotatable bonds is 7. The summed E-state index contributed by atoms with van der Waals surface area (Å²) in [5.41, 5.74) is 0.356. The molecule has 0 rings (SSSR count). The second-order valence-electron chi connectivity index (χ2n) is 4.18. The number of hydrogen-bond donors (Lipinski definition) is 3. The fourth-order valence-corrected chi connectivity index (χ4v) is 1.24. The summed E-state index contributed by atoms with van der Waals surface area (Å²) in [6.07, 6.45) is 2.07. The molecule has 0 aliphatic rings. The van der Waals surface area contributed by atoms with Crippen molar-refractivity contribution < 1.29 is 14.7 Å². The van der Waals surface area contributed by atoms with E-state index < -0.39 is 5.97 Å². The Bertz CT molecular complexity index is 298. The zero-order chi connectivity index (χ0) is 13.4. The van der Waals surface area contributed by atoms with Gasteiger partial charge >= 0.3 is 5.97 Å². The van der Waals surface area contributed by atoms with Crippen LogP contribution in [-0.2, 0) is 9.59 Å². The van der Waals surface area contributed by atoms with E-state index in [2.05, 4.69) is 10.6 Å². The number of carboxylic acid groups (broad SMARTS) is 1. The lowest BCUT2D eigenvalue weighted by atomic mass is 10.2. The molecular weight excluding hydrogens is 220 g/mol. The smallest absolute Gasteiger partial charge is 0.331 e. The molecule has 0 fully saturated rings. The van der Waals surface area contributed by atoms with Crippen molar-refractivity contribution in [3.8, 4) is 0 Å². The van der Waals surface area contributed by atoms with Gasteiger partial charge < -0.3 is 15.7 Å². The number of nitrogens with one attached hydrogen (secondary N) is 2. The summed E-state index contributed by atoms with van der Waals surface area (Å²) in [6.45, 7) is 7.70. The van der Waals surface area contributed by atoms with Crippen molar-refractivity contribution in [1.29, 1.82) is 0 Å². The number of amides is 1. The molecule has 0 aromatic carbocycles. The zero-order valence-corrected chi connectivity index (χ0v) is 10.9. The molecule has 5 nitrogen and oxygen atoms in total. The van der Waals surface area contributed by atoms with Crippen LogP contribution in [0.3, 0.4) is 0 Å². The third-order valence-electron chi connectivity index (χ3n) is 2.25. The molecule has 98 valence electrons. The van der Waals surface area contributed by atoms with Crippen LogP contribution in [0.2, 0.25) is 0 Å². The quantitative estimate of drug-likeness (QED) is 0.580. The third kappa shape index (κ3) is 6.73. The molecule has 0 heterocycles. The molecule has 1 unspecified atom stereocenters. The van der Waals surface area contributed by atoms with Gasteiger partial charge in [0.2, 0.25) is 5.91 Å². The van der Waals surface area contributed by atoms with E-state index in [0.29, 0.717) is 18.5 Å². The van der Waals surface area contributed by atoms with Gasteiger partial charge in [-0.25, -0.2) is 4.79 Å². The highest BCUT2D eigenvalue weighted by molar-refractivity contribution is 5.86. The topological polar surface area (TPSA) is 78.4 Å². The lowest BCUT2D eigenvalue weighted by Gasteiger charge is -2.15.